The minimum absolute atomic E-state index is 0.00770. The monoisotopic (exact) mass is 346 g/mol. The molecular weight excluding hydrogens is 326 g/mol. The van der Waals surface area contributed by atoms with Crippen LogP contribution in [0, 0.1) is 23.2 Å². The maximum atomic E-state index is 11.9. The summed E-state index contributed by atoms with van der Waals surface area (Å²) in [6.45, 7) is 1.91. The molecule has 3 rings (SSSR count). The third kappa shape index (κ3) is 4.00. The van der Waals surface area contributed by atoms with Gasteiger partial charge < -0.3 is 4.74 Å². The molecule has 0 fully saturated rings. The van der Waals surface area contributed by atoms with Gasteiger partial charge in [0.2, 0.25) is 0 Å². The molecule has 1 unspecified atom stereocenters. The average molecular weight is 346 g/mol. The van der Waals surface area contributed by atoms with Crippen molar-refractivity contribution in [2.75, 3.05) is 0 Å². The lowest BCUT2D eigenvalue weighted by atomic mass is 9.96. The first-order chi connectivity index (χ1) is 12.1. The minimum Gasteiger partial charge on any atom is -0.426 e. The summed E-state index contributed by atoms with van der Waals surface area (Å²) < 4.78 is 5.47. The highest BCUT2D eigenvalue weighted by Gasteiger charge is 2.22. The van der Waals surface area contributed by atoms with Gasteiger partial charge in [0.05, 0.1) is 12.0 Å². The summed E-state index contributed by atoms with van der Waals surface area (Å²) in [5, 5.41) is 9.08. The van der Waals surface area contributed by atoms with Crippen LogP contribution in [-0.2, 0) is 17.6 Å². The number of aryl methyl sites for hydroxylation is 1. The number of carbonyl (C=O) groups excluding carboxylic acids is 1. The van der Waals surface area contributed by atoms with E-state index in [1.807, 2.05) is 19.1 Å². The van der Waals surface area contributed by atoms with Crippen LogP contribution in [0.1, 0.15) is 24.5 Å². The van der Waals surface area contributed by atoms with Gasteiger partial charge in [-0.15, -0.1) is 0 Å². The Morgan fingerprint density at radius 3 is 2.64 bits per heavy atom. The zero-order chi connectivity index (χ0) is 17.8. The molecule has 1 aliphatic rings. The van der Waals surface area contributed by atoms with Gasteiger partial charge in [0.25, 0.3) is 0 Å². The van der Waals surface area contributed by atoms with Crippen LogP contribution in [0.3, 0.4) is 0 Å². The lowest BCUT2D eigenvalue weighted by molar-refractivity contribution is -0.138. The van der Waals surface area contributed by atoms with Gasteiger partial charge in [-0.1, -0.05) is 37.3 Å². The molecule has 4 heteroatoms. The number of hydrogen-bond donors (Lipinski definition) is 0. The van der Waals surface area contributed by atoms with Crippen LogP contribution >= 0.6 is 0 Å². The van der Waals surface area contributed by atoms with E-state index >= 15 is 0 Å². The molecule has 2 aromatic rings. The molecule has 0 N–H and O–H groups in total. The first kappa shape index (κ1) is 17.4. The second-order valence-corrected chi connectivity index (χ2v) is 7.02. The molecule has 3 radical (unpaired) electrons. The quantitative estimate of drug-likeness (QED) is 0.475. The number of carbonyl (C=O) groups is 1. The van der Waals surface area contributed by atoms with Crippen molar-refractivity contribution in [1.29, 1.82) is 5.26 Å². The van der Waals surface area contributed by atoms with E-state index in [4.69, 9.17) is 10.00 Å². The Kier molecular flexibility index (Phi) is 5.35. The first-order valence-corrected chi connectivity index (χ1v) is 9.29. The topological polar surface area (TPSA) is 50.1 Å². The normalized spacial score (nSPS) is 17.8. The molecule has 0 saturated carbocycles. The van der Waals surface area contributed by atoms with Crippen molar-refractivity contribution in [3.05, 3.63) is 53.6 Å². The number of ether oxygens (including phenoxy) is 1. The fraction of sp³-hybridized carbons (Fsp3) is 0.333. The molecule has 25 heavy (non-hydrogen) atoms. The van der Waals surface area contributed by atoms with Gasteiger partial charge in [0.1, 0.15) is 5.75 Å². The summed E-state index contributed by atoms with van der Waals surface area (Å²) >= 11 is 0. The number of hydrogen-bond acceptors (Lipinski definition) is 3. The molecule has 1 aliphatic heterocycles. The molecule has 0 aromatic heterocycles. The van der Waals surface area contributed by atoms with Crippen LogP contribution in [0.4, 0.5) is 0 Å². The summed E-state index contributed by atoms with van der Waals surface area (Å²) in [6.07, 6.45) is 2.41. The zero-order valence-corrected chi connectivity index (χ0v) is 15.3. The Hall–Kier alpha value is -2.38. The second-order valence-electron chi connectivity index (χ2n) is 6.61. The lowest BCUT2D eigenvalue weighted by Crippen LogP contribution is -2.15. The van der Waals surface area contributed by atoms with E-state index in [0.717, 1.165) is 41.5 Å². The van der Waals surface area contributed by atoms with Crippen molar-refractivity contribution in [2.45, 2.75) is 32.2 Å². The van der Waals surface area contributed by atoms with Gasteiger partial charge in [-0.05, 0) is 59.7 Å². The predicted molar refractivity (Wildman–Crippen MR) is 98.4 cm³/mol. The predicted octanol–water partition coefficient (Wildman–Crippen LogP) is 4.11. The summed E-state index contributed by atoms with van der Waals surface area (Å²) in [4.78, 5) is 11.9. The fourth-order valence-electron chi connectivity index (χ4n) is 3.03. The van der Waals surface area contributed by atoms with E-state index in [1.165, 1.54) is 0 Å². The van der Waals surface area contributed by atoms with Crippen molar-refractivity contribution in [2.24, 2.45) is 11.8 Å². The third-order valence-corrected chi connectivity index (χ3v) is 5.21. The molecular formula is C21H20NO2Si. The molecule has 2 aromatic carbocycles. The summed E-state index contributed by atoms with van der Waals surface area (Å²) in [5.41, 5.74) is 4.49. The smallest absolute Gasteiger partial charge is 0.314 e. The summed E-state index contributed by atoms with van der Waals surface area (Å²) in [5.74, 6) is 0.474. The molecule has 1 heterocycles. The van der Waals surface area contributed by atoms with Crippen LogP contribution in [0.15, 0.2) is 42.5 Å². The maximum absolute atomic E-state index is 11.9. The highest BCUT2D eigenvalue weighted by Crippen LogP contribution is 2.31. The van der Waals surface area contributed by atoms with Crippen LogP contribution in [0.2, 0.25) is 6.04 Å². The maximum Gasteiger partial charge on any atom is 0.314 e. The van der Waals surface area contributed by atoms with Gasteiger partial charge in [-0.3, -0.25) is 4.79 Å². The molecule has 0 bridgehead atoms. The van der Waals surface area contributed by atoms with Crippen molar-refractivity contribution in [1.82, 2.24) is 0 Å². The molecule has 125 valence electrons. The van der Waals surface area contributed by atoms with E-state index in [0.29, 0.717) is 11.8 Å². The van der Waals surface area contributed by atoms with Crippen molar-refractivity contribution < 1.29 is 9.53 Å². The van der Waals surface area contributed by atoms with Crippen LogP contribution in [0.25, 0.3) is 11.1 Å². The summed E-state index contributed by atoms with van der Waals surface area (Å²) in [7, 11) is 3.43. The van der Waals surface area contributed by atoms with E-state index in [9.17, 15) is 4.79 Å². The lowest BCUT2D eigenvalue weighted by Gasteiger charge is -2.10. The van der Waals surface area contributed by atoms with Crippen molar-refractivity contribution in [3.8, 4) is 22.9 Å². The standard InChI is InChI=1S/C21H20NO2Si/c1-14-2-5-19-11-18(8-9-20(19)24-21(14)23)17-6-3-15(4-7-17)10-16(12-22)13-25/h3-4,6-9,11,14,16H,2,5,10,13H2,1H3/t14?,16-/m0/s1. The van der Waals surface area contributed by atoms with Gasteiger partial charge in [-0.2, -0.15) is 5.26 Å². The molecule has 0 aliphatic carbocycles. The Bertz CT molecular complexity index is 808. The Balaban J connectivity index is 1.81. The van der Waals surface area contributed by atoms with Gasteiger partial charge in [0.15, 0.2) is 0 Å². The zero-order valence-electron chi connectivity index (χ0n) is 14.3. The minimum atomic E-state index is -0.144. The van der Waals surface area contributed by atoms with Crippen LogP contribution < -0.4 is 4.74 Å². The third-order valence-electron chi connectivity index (χ3n) is 4.72. The van der Waals surface area contributed by atoms with Crippen molar-refractivity contribution >= 4 is 16.2 Å². The molecule has 2 atom stereocenters. The molecule has 3 nitrogen and oxygen atoms in total. The highest BCUT2D eigenvalue weighted by molar-refractivity contribution is 6.08. The number of esters is 1. The Morgan fingerprint density at radius 1 is 1.24 bits per heavy atom. The van der Waals surface area contributed by atoms with E-state index in [-0.39, 0.29) is 17.8 Å². The molecule has 0 saturated heterocycles. The Labute approximate surface area is 152 Å². The van der Waals surface area contributed by atoms with Crippen molar-refractivity contribution in [3.63, 3.8) is 0 Å². The number of fused-ring (bicyclic) bond motifs is 1. The van der Waals surface area contributed by atoms with E-state index in [2.05, 4.69) is 46.6 Å². The van der Waals surface area contributed by atoms with Gasteiger partial charge in [-0.25, -0.2) is 0 Å². The van der Waals surface area contributed by atoms with Crippen LogP contribution in [0.5, 0.6) is 5.75 Å². The average Bonchev–Trinajstić information content (AvgIpc) is 2.78. The SMILES string of the molecule is CC1CCc2cc(-c3ccc(C[C@@H](C#N)C[Si])cc3)ccc2OC1=O. The number of nitrogens with zero attached hydrogens (tertiary/aromatic N) is 1. The van der Waals surface area contributed by atoms with E-state index in [1.54, 1.807) is 0 Å². The molecule has 0 amide bonds. The van der Waals surface area contributed by atoms with Gasteiger partial charge in [0, 0.05) is 16.2 Å². The number of nitriles is 1. The van der Waals surface area contributed by atoms with E-state index < -0.39 is 0 Å². The van der Waals surface area contributed by atoms with Gasteiger partial charge >= 0.3 is 5.97 Å². The number of rotatable bonds is 4. The largest absolute Gasteiger partial charge is 0.426 e. The highest BCUT2D eigenvalue weighted by atomic mass is 28.1. The molecule has 0 spiro atoms. The summed E-state index contributed by atoms with van der Waals surface area (Å²) in [6, 6.07) is 17.3. The Morgan fingerprint density at radius 2 is 1.96 bits per heavy atom. The second kappa shape index (κ2) is 7.67. The first-order valence-electron chi connectivity index (χ1n) is 8.59. The van der Waals surface area contributed by atoms with Crippen LogP contribution in [-0.4, -0.2) is 16.2 Å². The number of benzene rings is 2. The fourth-order valence-corrected chi connectivity index (χ4v) is 3.27.